The molecule has 96 valence electrons. The fourth-order valence-electron chi connectivity index (χ4n) is 1.12. The fraction of sp³-hybridized carbons (Fsp3) is 0.417. The lowest BCUT2D eigenvalue weighted by molar-refractivity contribution is 0.0599. The molecule has 0 radical (unpaired) electrons. The molecule has 5 heteroatoms. The van der Waals surface area contributed by atoms with Crippen molar-refractivity contribution in [3.8, 4) is 11.5 Å². The first-order valence-corrected chi connectivity index (χ1v) is 5.93. The summed E-state index contributed by atoms with van der Waals surface area (Å²) in [5, 5.41) is 0. The van der Waals surface area contributed by atoms with E-state index in [0.29, 0.717) is 21.5 Å². The second-order valence-corrected chi connectivity index (χ2v) is 3.53. The topological polar surface area (TPSA) is 44.8 Å². The molecule has 0 saturated heterocycles. The Bertz CT molecular complexity index is 377. The quantitative estimate of drug-likeness (QED) is 0.804. The summed E-state index contributed by atoms with van der Waals surface area (Å²) in [7, 11) is 4.36. The SMILES string of the molecule is CC.COC(=O)c1cc(OC)c(OC)cc1Br. The smallest absolute Gasteiger partial charge is 0.339 e. The average molecular weight is 305 g/mol. The van der Waals surface area contributed by atoms with Crippen LogP contribution in [0.4, 0.5) is 0 Å². The molecule has 1 rings (SSSR count). The van der Waals surface area contributed by atoms with Gasteiger partial charge in [-0.15, -0.1) is 0 Å². The summed E-state index contributed by atoms with van der Waals surface area (Å²) >= 11 is 3.26. The Labute approximate surface area is 110 Å². The van der Waals surface area contributed by atoms with Crippen LogP contribution in [0.3, 0.4) is 0 Å². The zero-order valence-corrected chi connectivity index (χ0v) is 12.3. The fourth-order valence-corrected chi connectivity index (χ4v) is 1.60. The summed E-state index contributed by atoms with van der Waals surface area (Å²) in [5.41, 5.74) is 0.398. The maximum absolute atomic E-state index is 11.4. The highest BCUT2D eigenvalue weighted by atomic mass is 79.9. The summed E-state index contributed by atoms with van der Waals surface area (Å²) < 4.78 is 15.4. The van der Waals surface area contributed by atoms with Gasteiger partial charge in [0.05, 0.1) is 26.9 Å². The minimum atomic E-state index is -0.428. The second-order valence-electron chi connectivity index (χ2n) is 2.68. The normalized spacial score (nSPS) is 8.82. The van der Waals surface area contributed by atoms with Crippen LogP contribution in [0.2, 0.25) is 0 Å². The summed E-state index contributed by atoms with van der Waals surface area (Å²) in [6.45, 7) is 4.00. The highest BCUT2D eigenvalue weighted by Gasteiger charge is 2.15. The highest BCUT2D eigenvalue weighted by Crippen LogP contribution is 2.33. The second kappa shape index (κ2) is 7.95. The number of carbonyl (C=O) groups is 1. The molecule has 0 bridgehead atoms. The van der Waals surface area contributed by atoms with Crippen LogP contribution in [0, 0.1) is 0 Å². The molecule has 0 fully saturated rings. The van der Waals surface area contributed by atoms with E-state index < -0.39 is 5.97 Å². The van der Waals surface area contributed by atoms with Crippen molar-refractivity contribution in [1.82, 2.24) is 0 Å². The van der Waals surface area contributed by atoms with Crippen molar-refractivity contribution < 1.29 is 19.0 Å². The zero-order chi connectivity index (χ0) is 13.4. The largest absolute Gasteiger partial charge is 0.493 e. The van der Waals surface area contributed by atoms with Gasteiger partial charge >= 0.3 is 5.97 Å². The van der Waals surface area contributed by atoms with Crippen LogP contribution < -0.4 is 9.47 Å². The van der Waals surface area contributed by atoms with Crippen LogP contribution in [0.1, 0.15) is 24.2 Å². The van der Waals surface area contributed by atoms with E-state index >= 15 is 0 Å². The molecule has 0 heterocycles. The molecule has 0 unspecified atom stereocenters. The van der Waals surface area contributed by atoms with Crippen LogP contribution in [-0.2, 0) is 4.74 Å². The third-order valence-electron chi connectivity index (χ3n) is 1.88. The van der Waals surface area contributed by atoms with Crippen LogP contribution in [0.15, 0.2) is 16.6 Å². The molecule has 4 nitrogen and oxygen atoms in total. The Kier molecular flexibility index (Phi) is 7.37. The monoisotopic (exact) mass is 304 g/mol. The van der Waals surface area contributed by atoms with Crippen molar-refractivity contribution in [1.29, 1.82) is 0 Å². The van der Waals surface area contributed by atoms with Crippen molar-refractivity contribution in [3.05, 3.63) is 22.2 Å². The van der Waals surface area contributed by atoms with E-state index in [-0.39, 0.29) is 0 Å². The lowest BCUT2D eigenvalue weighted by Crippen LogP contribution is -2.03. The van der Waals surface area contributed by atoms with Gasteiger partial charge in [0.2, 0.25) is 0 Å². The molecule has 0 aromatic heterocycles. The first-order valence-electron chi connectivity index (χ1n) is 5.13. The molecule has 0 N–H and O–H groups in total. The first kappa shape index (κ1) is 15.8. The van der Waals surface area contributed by atoms with Crippen molar-refractivity contribution in [2.24, 2.45) is 0 Å². The molecule has 0 aliphatic heterocycles. The van der Waals surface area contributed by atoms with Gasteiger partial charge in [-0.05, 0) is 28.1 Å². The number of esters is 1. The van der Waals surface area contributed by atoms with E-state index in [4.69, 9.17) is 9.47 Å². The van der Waals surface area contributed by atoms with Crippen LogP contribution >= 0.6 is 15.9 Å². The van der Waals surface area contributed by atoms with Gasteiger partial charge in [0.15, 0.2) is 11.5 Å². The standard InChI is InChI=1S/C10H11BrO4.C2H6/c1-13-8-4-6(10(12)15-3)7(11)5-9(8)14-2;1-2/h4-5H,1-3H3;1-2H3. The van der Waals surface area contributed by atoms with Gasteiger partial charge in [-0.2, -0.15) is 0 Å². The summed E-state index contributed by atoms with van der Waals surface area (Å²) in [6.07, 6.45) is 0. The average Bonchev–Trinajstić information content (AvgIpc) is 2.39. The predicted molar refractivity (Wildman–Crippen MR) is 69.9 cm³/mol. The number of halogens is 1. The maximum Gasteiger partial charge on any atom is 0.339 e. The number of rotatable bonds is 3. The maximum atomic E-state index is 11.4. The molecule has 0 aliphatic rings. The first-order chi connectivity index (χ1) is 8.13. The molecule has 0 aliphatic carbocycles. The minimum Gasteiger partial charge on any atom is -0.493 e. The van der Waals surface area contributed by atoms with Crippen molar-refractivity contribution in [2.75, 3.05) is 21.3 Å². The molecular weight excluding hydrogens is 288 g/mol. The number of hydrogen-bond acceptors (Lipinski definition) is 4. The third-order valence-corrected chi connectivity index (χ3v) is 2.53. The Morgan fingerprint density at radius 2 is 1.53 bits per heavy atom. The predicted octanol–water partition coefficient (Wildman–Crippen LogP) is 3.28. The van der Waals surface area contributed by atoms with E-state index in [1.807, 2.05) is 13.8 Å². The Morgan fingerprint density at radius 1 is 1.06 bits per heavy atom. The van der Waals surface area contributed by atoms with Gasteiger partial charge < -0.3 is 14.2 Å². The van der Waals surface area contributed by atoms with Gasteiger partial charge in [0.25, 0.3) is 0 Å². The molecular formula is C12H17BrO4. The highest BCUT2D eigenvalue weighted by molar-refractivity contribution is 9.10. The number of hydrogen-bond donors (Lipinski definition) is 0. The number of methoxy groups -OCH3 is 3. The Balaban J connectivity index is 0.00000121. The van der Waals surface area contributed by atoms with Crippen molar-refractivity contribution >= 4 is 21.9 Å². The van der Waals surface area contributed by atoms with Gasteiger partial charge in [0.1, 0.15) is 0 Å². The molecule has 17 heavy (non-hydrogen) atoms. The number of benzene rings is 1. The van der Waals surface area contributed by atoms with Crippen LogP contribution in [0.25, 0.3) is 0 Å². The molecule has 0 atom stereocenters. The van der Waals surface area contributed by atoms with Gasteiger partial charge in [-0.1, -0.05) is 13.8 Å². The molecule has 0 saturated carbocycles. The summed E-state index contributed by atoms with van der Waals surface area (Å²) in [5.74, 6) is 0.612. The van der Waals surface area contributed by atoms with E-state index in [0.717, 1.165) is 0 Å². The summed E-state index contributed by atoms with van der Waals surface area (Å²) in [6, 6.07) is 3.22. The van der Waals surface area contributed by atoms with Gasteiger partial charge in [0, 0.05) is 4.47 Å². The van der Waals surface area contributed by atoms with Crippen molar-refractivity contribution in [2.45, 2.75) is 13.8 Å². The van der Waals surface area contributed by atoms with Gasteiger partial charge in [-0.25, -0.2) is 4.79 Å². The molecule has 0 spiro atoms. The minimum absolute atomic E-state index is 0.398. The molecule has 1 aromatic carbocycles. The number of ether oxygens (including phenoxy) is 3. The van der Waals surface area contributed by atoms with E-state index in [1.165, 1.54) is 21.3 Å². The van der Waals surface area contributed by atoms with E-state index in [2.05, 4.69) is 20.7 Å². The Morgan fingerprint density at radius 3 is 1.94 bits per heavy atom. The summed E-state index contributed by atoms with van der Waals surface area (Å²) in [4.78, 5) is 11.4. The zero-order valence-electron chi connectivity index (χ0n) is 10.7. The van der Waals surface area contributed by atoms with Crippen LogP contribution in [-0.4, -0.2) is 27.3 Å². The molecule has 0 amide bonds. The van der Waals surface area contributed by atoms with Gasteiger partial charge in [-0.3, -0.25) is 0 Å². The van der Waals surface area contributed by atoms with Crippen molar-refractivity contribution in [3.63, 3.8) is 0 Å². The number of carbonyl (C=O) groups excluding carboxylic acids is 1. The lowest BCUT2D eigenvalue weighted by atomic mass is 10.2. The van der Waals surface area contributed by atoms with E-state index in [1.54, 1.807) is 12.1 Å². The van der Waals surface area contributed by atoms with E-state index in [9.17, 15) is 4.79 Å². The van der Waals surface area contributed by atoms with Crippen LogP contribution in [0.5, 0.6) is 11.5 Å². The third kappa shape index (κ3) is 3.93. The Hall–Kier alpha value is -1.23. The molecule has 1 aromatic rings. The lowest BCUT2D eigenvalue weighted by Gasteiger charge is -2.10.